The van der Waals surface area contributed by atoms with Crippen molar-refractivity contribution in [3.8, 4) is 11.3 Å². The van der Waals surface area contributed by atoms with E-state index >= 15 is 0 Å². The molecule has 3 N–H and O–H groups in total. The summed E-state index contributed by atoms with van der Waals surface area (Å²) >= 11 is 6.04. The summed E-state index contributed by atoms with van der Waals surface area (Å²) in [4.78, 5) is 0. The van der Waals surface area contributed by atoms with Crippen LogP contribution in [0.15, 0.2) is 23.3 Å². The number of benzene rings is 1. The highest BCUT2D eigenvalue weighted by molar-refractivity contribution is 6.32. The Bertz CT molecular complexity index is 695. The van der Waals surface area contributed by atoms with Gasteiger partial charge in [0.25, 0.3) is 0 Å². The van der Waals surface area contributed by atoms with Gasteiger partial charge in [0.1, 0.15) is 5.69 Å². The molecule has 1 aromatic rings. The van der Waals surface area contributed by atoms with Crippen LogP contribution in [-0.2, 0) is 6.42 Å². The summed E-state index contributed by atoms with van der Waals surface area (Å²) in [6.45, 7) is 2.13. The Morgan fingerprint density at radius 1 is 1.28 bits per heavy atom. The molecule has 0 unspecified atom stereocenters. The van der Waals surface area contributed by atoms with Gasteiger partial charge in [-0.2, -0.15) is 5.11 Å². The summed E-state index contributed by atoms with van der Waals surface area (Å²) in [5.41, 5.74) is 11.2. The van der Waals surface area contributed by atoms with Crippen LogP contribution in [0.1, 0.15) is 19.0 Å². The molecule has 92 valence electrons. The first kappa shape index (κ1) is 11.3. The van der Waals surface area contributed by atoms with Crippen molar-refractivity contribution in [1.82, 2.24) is 10.2 Å². The van der Waals surface area contributed by atoms with Gasteiger partial charge in [0.2, 0.25) is 0 Å². The highest BCUT2D eigenvalue weighted by atomic mass is 35.5. The Balaban J connectivity index is 2.38. The predicted octanol–water partition coefficient (Wildman–Crippen LogP) is 4.87. The van der Waals surface area contributed by atoms with Crippen molar-refractivity contribution in [3.63, 3.8) is 0 Å². The number of H-pyrrole nitrogens is 2. The normalized spacial score (nSPS) is 11.4. The molecule has 0 atom stereocenters. The molecular formula is C13H13ClN4. The van der Waals surface area contributed by atoms with E-state index in [1.165, 1.54) is 0 Å². The number of aromatic nitrogens is 2. The van der Waals surface area contributed by atoms with Gasteiger partial charge in [0.05, 0.1) is 5.69 Å². The molecule has 4 nitrogen and oxygen atoms in total. The third kappa shape index (κ3) is 1.46. The molecule has 3 rings (SSSR count). The smallest absolute Gasteiger partial charge is 0.104 e. The zero-order valence-electron chi connectivity index (χ0n) is 9.97. The number of aromatic amines is 2. The molecule has 0 bridgehead atoms. The van der Waals surface area contributed by atoms with Crippen LogP contribution in [0.25, 0.3) is 22.0 Å². The molecule has 0 spiro atoms. The number of hydrogen-bond acceptors (Lipinski definition) is 2. The Morgan fingerprint density at radius 2 is 2.11 bits per heavy atom. The van der Waals surface area contributed by atoms with Crippen molar-refractivity contribution in [3.05, 3.63) is 28.9 Å². The van der Waals surface area contributed by atoms with E-state index in [9.17, 15) is 0 Å². The summed E-state index contributed by atoms with van der Waals surface area (Å²) in [6, 6.07) is 5.67. The Kier molecular flexibility index (Phi) is 2.59. The third-order valence-electron chi connectivity index (χ3n) is 3.24. The van der Waals surface area contributed by atoms with Crippen molar-refractivity contribution in [2.24, 2.45) is 5.11 Å². The Labute approximate surface area is 109 Å². The van der Waals surface area contributed by atoms with E-state index in [-0.39, 0.29) is 0 Å². The third-order valence-corrected chi connectivity index (χ3v) is 3.48. The van der Waals surface area contributed by atoms with Crippen LogP contribution in [0.4, 0.5) is 5.69 Å². The van der Waals surface area contributed by atoms with Gasteiger partial charge in [-0.05, 0) is 18.6 Å². The molecule has 0 saturated heterocycles. The lowest BCUT2D eigenvalue weighted by atomic mass is 10.1. The first-order valence-corrected chi connectivity index (χ1v) is 6.31. The molecule has 0 aromatic heterocycles. The number of fused-ring (bicyclic) bond motifs is 3. The number of aryl methyl sites for hydroxylation is 1. The summed E-state index contributed by atoms with van der Waals surface area (Å²) < 4.78 is 0. The molecule has 0 radical (unpaired) electrons. The highest BCUT2D eigenvalue weighted by Crippen LogP contribution is 2.46. The van der Waals surface area contributed by atoms with Gasteiger partial charge < -0.3 is 5.10 Å². The molecule has 0 fully saturated rings. The fourth-order valence-corrected chi connectivity index (χ4v) is 2.67. The van der Waals surface area contributed by atoms with Gasteiger partial charge in [-0.3, -0.25) is 5.10 Å². The first-order valence-electron chi connectivity index (χ1n) is 5.93. The van der Waals surface area contributed by atoms with Gasteiger partial charge >= 0.3 is 0 Å². The second-order valence-electron chi connectivity index (χ2n) is 4.38. The minimum absolute atomic E-state index is 0.692. The molecule has 1 heterocycles. The van der Waals surface area contributed by atoms with Crippen LogP contribution in [0.5, 0.6) is 0 Å². The van der Waals surface area contributed by atoms with Gasteiger partial charge in [-0.15, -0.1) is 0 Å². The second kappa shape index (κ2) is 4.14. The zero-order valence-corrected chi connectivity index (χ0v) is 10.7. The number of nitrogens with zero attached hydrogens (tertiary/aromatic N) is 1. The maximum absolute atomic E-state index is 7.41. The lowest BCUT2D eigenvalue weighted by Gasteiger charge is -1.96. The van der Waals surface area contributed by atoms with Crippen molar-refractivity contribution in [2.45, 2.75) is 19.8 Å². The lowest BCUT2D eigenvalue weighted by molar-refractivity contribution is 0.871. The molecule has 0 amide bonds. The topological polar surface area (TPSA) is 67.8 Å². The maximum Gasteiger partial charge on any atom is 0.104 e. The summed E-state index contributed by atoms with van der Waals surface area (Å²) in [5, 5.41) is 12.7. The summed E-state index contributed by atoms with van der Waals surface area (Å²) in [7, 11) is 0. The van der Waals surface area contributed by atoms with E-state index in [0.717, 1.165) is 46.3 Å². The van der Waals surface area contributed by atoms with Crippen molar-refractivity contribution >= 4 is 28.1 Å². The molecular weight excluding hydrogens is 248 g/mol. The molecule has 1 aliphatic heterocycles. The van der Waals surface area contributed by atoms with E-state index in [1.54, 1.807) is 0 Å². The zero-order chi connectivity index (χ0) is 12.7. The van der Waals surface area contributed by atoms with Gasteiger partial charge in [-0.1, -0.05) is 31.0 Å². The lowest BCUT2D eigenvalue weighted by Crippen LogP contribution is -1.84. The van der Waals surface area contributed by atoms with E-state index in [1.807, 2.05) is 18.2 Å². The number of rotatable bonds is 3. The predicted molar refractivity (Wildman–Crippen MR) is 73.1 cm³/mol. The fraction of sp³-hybridized carbons (Fsp3) is 0.231. The van der Waals surface area contributed by atoms with Crippen LogP contribution >= 0.6 is 11.6 Å². The van der Waals surface area contributed by atoms with Gasteiger partial charge in [0, 0.05) is 27.1 Å². The highest BCUT2D eigenvalue weighted by Gasteiger charge is 2.23. The minimum atomic E-state index is 0.692. The number of hydrogen-bond donors (Lipinski definition) is 3. The molecule has 18 heavy (non-hydrogen) atoms. The average molecular weight is 261 g/mol. The van der Waals surface area contributed by atoms with Gasteiger partial charge in [0.15, 0.2) is 0 Å². The first-order chi connectivity index (χ1) is 8.76. The Hall–Kier alpha value is -1.81. The largest absolute Gasteiger partial charge is 0.304 e. The van der Waals surface area contributed by atoms with Crippen LogP contribution in [-0.4, -0.2) is 10.2 Å². The standard InChI is InChI=1S/C13H13ClN4/c1-2-3-10-11-12(16-15)8-5-4-7(14)6-9(8)13(11)18-17-10/h4-6,15,17-18H,2-3H2,1H3. The number of nitrogens with one attached hydrogen (secondary N) is 3. The van der Waals surface area contributed by atoms with Crippen LogP contribution < -0.4 is 0 Å². The number of halogens is 1. The molecule has 1 aromatic carbocycles. The molecule has 1 aliphatic carbocycles. The summed E-state index contributed by atoms with van der Waals surface area (Å²) in [6.07, 6.45) is 1.98. The van der Waals surface area contributed by atoms with Crippen molar-refractivity contribution < 1.29 is 0 Å². The maximum atomic E-state index is 7.41. The Morgan fingerprint density at radius 3 is 2.83 bits per heavy atom. The average Bonchev–Trinajstić information content (AvgIpc) is 2.89. The van der Waals surface area contributed by atoms with Crippen molar-refractivity contribution in [1.29, 1.82) is 5.53 Å². The van der Waals surface area contributed by atoms with Crippen LogP contribution in [0.2, 0.25) is 5.02 Å². The van der Waals surface area contributed by atoms with E-state index in [4.69, 9.17) is 17.1 Å². The van der Waals surface area contributed by atoms with Crippen LogP contribution in [0.3, 0.4) is 0 Å². The molecule has 5 heteroatoms. The summed E-state index contributed by atoms with van der Waals surface area (Å²) in [5.74, 6) is 0. The minimum Gasteiger partial charge on any atom is -0.304 e. The van der Waals surface area contributed by atoms with E-state index < -0.39 is 0 Å². The van der Waals surface area contributed by atoms with Crippen molar-refractivity contribution in [2.75, 3.05) is 0 Å². The van der Waals surface area contributed by atoms with E-state index in [2.05, 4.69) is 22.2 Å². The van der Waals surface area contributed by atoms with Gasteiger partial charge in [-0.25, -0.2) is 5.53 Å². The SMILES string of the molecule is CCCc1[nH][nH]c2c3cc(Cl)ccc3c(N=N)c1-2. The quantitative estimate of drug-likeness (QED) is 0.563. The van der Waals surface area contributed by atoms with E-state index in [0.29, 0.717) is 5.02 Å². The van der Waals surface area contributed by atoms with Crippen LogP contribution in [0, 0.1) is 5.53 Å². The molecule has 2 aliphatic rings. The molecule has 0 saturated carbocycles. The monoisotopic (exact) mass is 260 g/mol. The second-order valence-corrected chi connectivity index (χ2v) is 4.82. The fourth-order valence-electron chi connectivity index (χ4n) is 2.50.